The molecule has 0 atom stereocenters. The van der Waals surface area contributed by atoms with Crippen LogP contribution in [0.4, 0.5) is 0 Å². The van der Waals surface area contributed by atoms with E-state index in [-0.39, 0.29) is 11.4 Å². The molecule has 1 amide bonds. The van der Waals surface area contributed by atoms with Crippen LogP contribution in [0.2, 0.25) is 0 Å². The summed E-state index contributed by atoms with van der Waals surface area (Å²) < 4.78 is 5.21. The minimum absolute atomic E-state index is 0.00870. The molecular formula is C11H19NO2. The van der Waals surface area contributed by atoms with Crippen molar-refractivity contribution < 1.29 is 9.53 Å². The Hall–Kier alpha value is -0.830. The molecule has 0 radical (unpaired) electrons. The first kappa shape index (κ1) is 11.2. The Morgan fingerprint density at radius 2 is 1.93 bits per heavy atom. The first-order valence-electron chi connectivity index (χ1n) is 5.07. The molecule has 1 N–H and O–H groups in total. The van der Waals surface area contributed by atoms with Gasteiger partial charge in [-0.2, -0.15) is 0 Å². The van der Waals surface area contributed by atoms with Crippen molar-refractivity contribution in [3.05, 3.63) is 11.6 Å². The molecule has 0 bridgehead atoms. The zero-order chi connectivity index (χ0) is 10.6. The first-order chi connectivity index (χ1) is 6.47. The van der Waals surface area contributed by atoms with Crippen molar-refractivity contribution in [2.75, 3.05) is 13.2 Å². The van der Waals surface area contributed by atoms with Crippen molar-refractivity contribution in [3.63, 3.8) is 0 Å². The van der Waals surface area contributed by atoms with E-state index >= 15 is 0 Å². The summed E-state index contributed by atoms with van der Waals surface area (Å²) in [4.78, 5) is 11.5. The van der Waals surface area contributed by atoms with Crippen molar-refractivity contribution >= 4 is 5.91 Å². The molecule has 80 valence electrons. The van der Waals surface area contributed by atoms with Gasteiger partial charge in [-0.05, 0) is 33.6 Å². The molecule has 0 saturated carbocycles. The van der Waals surface area contributed by atoms with Crippen LogP contribution >= 0.6 is 0 Å². The minimum atomic E-state index is -0.153. The largest absolute Gasteiger partial charge is 0.381 e. The van der Waals surface area contributed by atoms with Gasteiger partial charge in [0.2, 0.25) is 5.91 Å². The van der Waals surface area contributed by atoms with Gasteiger partial charge in [0.05, 0.1) is 13.2 Å². The third-order valence-corrected chi connectivity index (χ3v) is 1.97. The van der Waals surface area contributed by atoms with Gasteiger partial charge >= 0.3 is 0 Å². The molecule has 14 heavy (non-hydrogen) atoms. The van der Waals surface area contributed by atoms with Gasteiger partial charge in [0.15, 0.2) is 0 Å². The highest BCUT2D eigenvalue weighted by molar-refractivity contribution is 5.88. The Balaban J connectivity index is 2.45. The number of ether oxygens (including phenoxy) is 1. The van der Waals surface area contributed by atoms with Crippen molar-refractivity contribution in [2.24, 2.45) is 0 Å². The van der Waals surface area contributed by atoms with Crippen LogP contribution in [0.1, 0.15) is 33.6 Å². The first-order valence-corrected chi connectivity index (χ1v) is 5.07. The van der Waals surface area contributed by atoms with Gasteiger partial charge < -0.3 is 10.1 Å². The lowest BCUT2D eigenvalue weighted by Gasteiger charge is -2.20. The fraction of sp³-hybridized carbons (Fsp3) is 0.727. The summed E-state index contributed by atoms with van der Waals surface area (Å²) in [6, 6.07) is 0. The van der Waals surface area contributed by atoms with E-state index < -0.39 is 0 Å². The fourth-order valence-electron chi connectivity index (χ4n) is 1.37. The minimum Gasteiger partial charge on any atom is -0.381 e. The van der Waals surface area contributed by atoms with Crippen molar-refractivity contribution in [2.45, 2.75) is 39.2 Å². The average Bonchev–Trinajstić information content (AvgIpc) is 2.02. The van der Waals surface area contributed by atoms with E-state index in [2.05, 4.69) is 5.32 Å². The van der Waals surface area contributed by atoms with Gasteiger partial charge in [-0.25, -0.2) is 0 Å². The number of rotatable bonds is 1. The maximum Gasteiger partial charge on any atom is 0.244 e. The maximum atomic E-state index is 11.5. The molecule has 3 nitrogen and oxygen atoms in total. The molecule has 1 saturated heterocycles. The highest BCUT2D eigenvalue weighted by Crippen LogP contribution is 2.13. The van der Waals surface area contributed by atoms with Crippen LogP contribution in [0.15, 0.2) is 11.6 Å². The molecule has 0 unspecified atom stereocenters. The van der Waals surface area contributed by atoms with E-state index in [1.165, 1.54) is 5.57 Å². The lowest BCUT2D eigenvalue weighted by Crippen LogP contribution is -2.39. The van der Waals surface area contributed by atoms with Crippen molar-refractivity contribution in [1.82, 2.24) is 5.32 Å². The van der Waals surface area contributed by atoms with E-state index in [1.54, 1.807) is 6.08 Å². The van der Waals surface area contributed by atoms with E-state index in [1.807, 2.05) is 20.8 Å². The molecule has 0 spiro atoms. The van der Waals surface area contributed by atoms with Gasteiger partial charge in [0, 0.05) is 11.6 Å². The van der Waals surface area contributed by atoms with Gasteiger partial charge in [-0.15, -0.1) is 0 Å². The second-order valence-corrected chi connectivity index (χ2v) is 4.65. The van der Waals surface area contributed by atoms with Gasteiger partial charge in [-0.3, -0.25) is 4.79 Å². The number of nitrogens with one attached hydrogen (secondary N) is 1. The Morgan fingerprint density at radius 1 is 1.36 bits per heavy atom. The molecule has 1 aliphatic heterocycles. The molecule has 1 aliphatic rings. The zero-order valence-electron chi connectivity index (χ0n) is 9.22. The summed E-state index contributed by atoms with van der Waals surface area (Å²) in [7, 11) is 0. The molecule has 0 aliphatic carbocycles. The SMILES string of the molecule is CC(C)(C)NC(=O)C=C1CCOCC1. The summed E-state index contributed by atoms with van der Waals surface area (Å²) in [6.07, 6.45) is 3.49. The predicted molar refractivity (Wildman–Crippen MR) is 56.0 cm³/mol. The number of amides is 1. The molecular weight excluding hydrogens is 178 g/mol. The summed E-state index contributed by atoms with van der Waals surface area (Å²) >= 11 is 0. The standard InChI is InChI=1S/C11H19NO2/c1-11(2,3)12-10(13)8-9-4-6-14-7-5-9/h8H,4-7H2,1-3H3,(H,12,13). The Bertz CT molecular complexity index is 230. The number of hydrogen-bond acceptors (Lipinski definition) is 2. The van der Waals surface area contributed by atoms with Gasteiger partial charge in [0.25, 0.3) is 0 Å². The van der Waals surface area contributed by atoms with Crippen molar-refractivity contribution in [3.8, 4) is 0 Å². The lowest BCUT2D eigenvalue weighted by atomic mass is 10.1. The normalized spacial score (nSPS) is 17.8. The van der Waals surface area contributed by atoms with Crippen LogP contribution in [-0.4, -0.2) is 24.7 Å². The average molecular weight is 197 g/mol. The monoisotopic (exact) mass is 197 g/mol. The number of carbonyl (C=O) groups excluding carboxylic acids is 1. The summed E-state index contributed by atoms with van der Waals surface area (Å²) in [6.45, 7) is 7.43. The zero-order valence-corrected chi connectivity index (χ0v) is 9.22. The topological polar surface area (TPSA) is 38.3 Å². The van der Waals surface area contributed by atoms with Gasteiger partial charge in [-0.1, -0.05) is 5.57 Å². The maximum absolute atomic E-state index is 11.5. The Labute approximate surface area is 85.5 Å². The number of hydrogen-bond donors (Lipinski definition) is 1. The molecule has 0 aromatic rings. The van der Waals surface area contributed by atoms with Crippen LogP contribution in [0.5, 0.6) is 0 Å². The van der Waals surface area contributed by atoms with Crippen LogP contribution in [0.3, 0.4) is 0 Å². The summed E-state index contributed by atoms with van der Waals surface area (Å²) in [5.41, 5.74) is 1.04. The molecule has 0 aromatic carbocycles. The molecule has 1 fully saturated rings. The molecule has 0 aromatic heterocycles. The van der Waals surface area contributed by atoms with E-state index in [0.717, 1.165) is 26.1 Å². The fourth-order valence-corrected chi connectivity index (χ4v) is 1.37. The molecule has 1 heterocycles. The third-order valence-electron chi connectivity index (χ3n) is 1.97. The summed E-state index contributed by atoms with van der Waals surface area (Å²) in [5.74, 6) is 0.00870. The quantitative estimate of drug-likeness (QED) is 0.649. The van der Waals surface area contributed by atoms with E-state index in [9.17, 15) is 4.79 Å². The van der Waals surface area contributed by atoms with E-state index in [4.69, 9.17) is 4.74 Å². The Morgan fingerprint density at radius 3 is 2.43 bits per heavy atom. The van der Waals surface area contributed by atoms with Crippen LogP contribution in [0, 0.1) is 0 Å². The van der Waals surface area contributed by atoms with E-state index in [0.29, 0.717) is 0 Å². The highest BCUT2D eigenvalue weighted by atomic mass is 16.5. The Kier molecular flexibility index (Phi) is 3.69. The smallest absolute Gasteiger partial charge is 0.244 e. The van der Waals surface area contributed by atoms with Crippen LogP contribution < -0.4 is 5.32 Å². The third kappa shape index (κ3) is 4.42. The molecule has 3 heteroatoms. The lowest BCUT2D eigenvalue weighted by molar-refractivity contribution is -0.117. The second kappa shape index (κ2) is 4.60. The van der Waals surface area contributed by atoms with Crippen molar-refractivity contribution in [1.29, 1.82) is 0 Å². The summed E-state index contributed by atoms with van der Waals surface area (Å²) in [5, 5.41) is 2.91. The molecule has 1 rings (SSSR count). The van der Waals surface area contributed by atoms with Crippen LogP contribution in [0.25, 0.3) is 0 Å². The number of carbonyl (C=O) groups is 1. The predicted octanol–water partition coefficient (Wildman–Crippen LogP) is 1.64. The van der Waals surface area contributed by atoms with Gasteiger partial charge in [0.1, 0.15) is 0 Å². The second-order valence-electron chi connectivity index (χ2n) is 4.65. The highest BCUT2D eigenvalue weighted by Gasteiger charge is 2.13. The van der Waals surface area contributed by atoms with Crippen LogP contribution in [-0.2, 0) is 9.53 Å².